The van der Waals surface area contributed by atoms with Crippen LogP contribution < -0.4 is 10.2 Å². The van der Waals surface area contributed by atoms with Crippen molar-refractivity contribution in [1.82, 2.24) is 10.2 Å². The lowest BCUT2D eigenvalue weighted by Gasteiger charge is -2.34. The number of aliphatic hydroxyl groups excluding tert-OH is 1. The van der Waals surface area contributed by atoms with E-state index in [0.717, 1.165) is 18.7 Å². The molecule has 0 aliphatic carbocycles. The normalized spacial score (nSPS) is 21.0. The monoisotopic (exact) mass is 312 g/mol. The number of anilines is 2. The third-order valence-electron chi connectivity index (χ3n) is 4.16. The molecular formula is C17H20N4O2. The largest absolute Gasteiger partial charge is 0.391 e. The molecule has 0 spiro atoms. The number of hydrogen-bond donors (Lipinski definition) is 2. The molecule has 1 amide bonds. The van der Waals surface area contributed by atoms with E-state index in [1.807, 2.05) is 42.2 Å². The number of amides is 1. The summed E-state index contributed by atoms with van der Waals surface area (Å²) in [5.74, 6) is 0.699. The molecule has 6 nitrogen and oxygen atoms in total. The van der Waals surface area contributed by atoms with Gasteiger partial charge in [-0.1, -0.05) is 25.1 Å². The number of aromatic nitrogens is 2. The molecule has 2 heterocycles. The number of carbonyl (C=O) groups is 1. The van der Waals surface area contributed by atoms with Crippen LogP contribution in [-0.4, -0.2) is 40.4 Å². The van der Waals surface area contributed by atoms with Gasteiger partial charge in [0.1, 0.15) is 0 Å². The van der Waals surface area contributed by atoms with Gasteiger partial charge in [0.25, 0.3) is 5.91 Å². The number of benzene rings is 1. The van der Waals surface area contributed by atoms with Crippen LogP contribution >= 0.6 is 0 Å². The van der Waals surface area contributed by atoms with Crippen molar-refractivity contribution in [2.45, 2.75) is 19.4 Å². The van der Waals surface area contributed by atoms with Crippen LogP contribution in [-0.2, 0) is 0 Å². The fourth-order valence-electron chi connectivity index (χ4n) is 2.59. The third kappa shape index (κ3) is 3.65. The maximum absolute atomic E-state index is 12.1. The van der Waals surface area contributed by atoms with Gasteiger partial charge in [-0.15, -0.1) is 10.2 Å². The van der Waals surface area contributed by atoms with E-state index in [2.05, 4.69) is 15.5 Å². The molecule has 3 rings (SSSR count). The lowest BCUT2D eigenvalue weighted by Crippen LogP contribution is -2.43. The summed E-state index contributed by atoms with van der Waals surface area (Å²) in [5.41, 5.74) is 0.986. The van der Waals surface area contributed by atoms with E-state index < -0.39 is 0 Å². The van der Waals surface area contributed by atoms with Gasteiger partial charge in [0, 0.05) is 18.8 Å². The van der Waals surface area contributed by atoms with E-state index in [1.54, 1.807) is 12.1 Å². The lowest BCUT2D eigenvalue weighted by atomic mass is 9.96. The van der Waals surface area contributed by atoms with Gasteiger partial charge in [-0.25, -0.2) is 0 Å². The zero-order valence-electron chi connectivity index (χ0n) is 13.0. The number of nitrogens with one attached hydrogen (secondary N) is 1. The third-order valence-corrected chi connectivity index (χ3v) is 4.16. The fraction of sp³-hybridized carbons (Fsp3) is 0.353. The molecule has 6 heteroatoms. The molecule has 2 N–H and O–H groups in total. The SMILES string of the molecule is CC1CCN(c2ccc(C(=O)Nc3ccccc3)nn2)CC1O. The smallest absolute Gasteiger partial charge is 0.276 e. The molecule has 23 heavy (non-hydrogen) atoms. The van der Waals surface area contributed by atoms with Crippen LogP contribution in [0.2, 0.25) is 0 Å². The van der Waals surface area contributed by atoms with E-state index in [0.29, 0.717) is 18.3 Å². The highest BCUT2D eigenvalue weighted by atomic mass is 16.3. The van der Waals surface area contributed by atoms with E-state index in [-0.39, 0.29) is 17.7 Å². The van der Waals surface area contributed by atoms with Gasteiger partial charge in [0.15, 0.2) is 11.5 Å². The van der Waals surface area contributed by atoms with Gasteiger partial charge in [-0.3, -0.25) is 4.79 Å². The van der Waals surface area contributed by atoms with Crippen LogP contribution in [0.3, 0.4) is 0 Å². The number of nitrogens with zero attached hydrogens (tertiary/aromatic N) is 3. The second-order valence-electron chi connectivity index (χ2n) is 5.88. The Balaban J connectivity index is 1.66. The second-order valence-corrected chi connectivity index (χ2v) is 5.88. The Labute approximate surface area is 135 Å². The Hall–Kier alpha value is -2.47. The van der Waals surface area contributed by atoms with Gasteiger partial charge < -0.3 is 15.3 Å². The number of carbonyl (C=O) groups excluding carboxylic acids is 1. The average Bonchev–Trinajstić information content (AvgIpc) is 2.58. The fourth-order valence-corrected chi connectivity index (χ4v) is 2.59. The number of hydrogen-bond acceptors (Lipinski definition) is 5. The van der Waals surface area contributed by atoms with Crippen LogP contribution in [0.25, 0.3) is 0 Å². The molecule has 2 aromatic rings. The van der Waals surface area contributed by atoms with Gasteiger partial charge in [0.05, 0.1) is 6.10 Å². The van der Waals surface area contributed by atoms with Crippen molar-refractivity contribution in [3.05, 3.63) is 48.2 Å². The van der Waals surface area contributed by atoms with Crippen LogP contribution in [0.1, 0.15) is 23.8 Å². The number of piperidine rings is 1. The molecule has 120 valence electrons. The Morgan fingerprint density at radius 3 is 2.65 bits per heavy atom. The predicted molar refractivity (Wildman–Crippen MR) is 88.4 cm³/mol. The van der Waals surface area contributed by atoms with E-state index >= 15 is 0 Å². The summed E-state index contributed by atoms with van der Waals surface area (Å²) < 4.78 is 0. The van der Waals surface area contributed by atoms with Crippen molar-refractivity contribution in [3.8, 4) is 0 Å². The molecule has 0 saturated carbocycles. The first-order chi connectivity index (χ1) is 11.1. The molecule has 2 unspecified atom stereocenters. The summed E-state index contributed by atoms with van der Waals surface area (Å²) in [7, 11) is 0. The maximum atomic E-state index is 12.1. The van der Waals surface area contributed by atoms with Crippen molar-refractivity contribution < 1.29 is 9.90 Å². The highest BCUT2D eigenvalue weighted by molar-refractivity contribution is 6.02. The molecule has 0 bridgehead atoms. The first-order valence-electron chi connectivity index (χ1n) is 7.76. The minimum absolute atomic E-state index is 0.267. The number of para-hydroxylation sites is 1. The highest BCUT2D eigenvalue weighted by Crippen LogP contribution is 2.21. The summed E-state index contributed by atoms with van der Waals surface area (Å²) >= 11 is 0. The summed E-state index contributed by atoms with van der Waals surface area (Å²) in [6, 6.07) is 12.7. The molecule has 1 saturated heterocycles. The molecular weight excluding hydrogens is 292 g/mol. The maximum Gasteiger partial charge on any atom is 0.276 e. The minimum atomic E-state index is -0.355. The molecule has 1 fully saturated rings. The summed E-state index contributed by atoms with van der Waals surface area (Å²) in [4.78, 5) is 14.1. The Kier molecular flexibility index (Phi) is 4.52. The van der Waals surface area contributed by atoms with Crippen LogP contribution in [0.15, 0.2) is 42.5 Å². The minimum Gasteiger partial charge on any atom is -0.391 e. The van der Waals surface area contributed by atoms with E-state index in [4.69, 9.17) is 0 Å². The molecule has 0 radical (unpaired) electrons. The highest BCUT2D eigenvalue weighted by Gasteiger charge is 2.25. The molecule has 1 aromatic carbocycles. The number of rotatable bonds is 3. The standard InChI is InChI=1S/C17H20N4O2/c1-12-9-10-21(11-15(12)22)16-8-7-14(19-20-16)17(23)18-13-5-3-2-4-6-13/h2-8,12,15,22H,9-11H2,1H3,(H,18,23). The van der Waals surface area contributed by atoms with E-state index in [9.17, 15) is 9.90 Å². The molecule has 2 atom stereocenters. The van der Waals surface area contributed by atoms with Crippen LogP contribution in [0, 0.1) is 5.92 Å². The molecule has 1 aliphatic heterocycles. The number of β-amino-alcohol motifs (C(OH)–C–C–N with tert-alkyl or cyclic N) is 1. The number of aliphatic hydroxyl groups is 1. The second kappa shape index (κ2) is 6.75. The van der Waals surface area contributed by atoms with E-state index in [1.165, 1.54) is 0 Å². The average molecular weight is 312 g/mol. The van der Waals surface area contributed by atoms with Crippen LogP contribution in [0.5, 0.6) is 0 Å². The predicted octanol–water partition coefficient (Wildman–Crippen LogP) is 1.94. The topological polar surface area (TPSA) is 78.4 Å². The Bertz CT molecular complexity index is 660. The van der Waals surface area contributed by atoms with Gasteiger partial charge in [-0.05, 0) is 36.6 Å². The van der Waals surface area contributed by atoms with Crippen molar-refractivity contribution in [3.63, 3.8) is 0 Å². The zero-order valence-corrected chi connectivity index (χ0v) is 13.0. The lowest BCUT2D eigenvalue weighted by molar-refractivity contribution is 0.101. The molecule has 1 aromatic heterocycles. The van der Waals surface area contributed by atoms with Crippen molar-refractivity contribution in [2.75, 3.05) is 23.3 Å². The van der Waals surface area contributed by atoms with Crippen molar-refractivity contribution >= 4 is 17.4 Å². The quantitative estimate of drug-likeness (QED) is 0.905. The van der Waals surface area contributed by atoms with Crippen molar-refractivity contribution in [2.24, 2.45) is 5.92 Å². The first kappa shape index (κ1) is 15.4. The Morgan fingerprint density at radius 1 is 1.22 bits per heavy atom. The van der Waals surface area contributed by atoms with Gasteiger partial charge >= 0.3 is 0 Å². The first-order valence-corrected chi connectivity index (χ1v) is 7.76. The summed E-state index contributed by atoms with van der Waals surface area (Å²) in [6.07, 6.45) is 0.561. The van der Waals surface area contributed by atoms with Crippen LogP contribution in [0.4, 0.5) is 11.5 Å². The summed E-state index contributed by atoms with van der Waals surface area (Å²) in [5, 5.41) is 20.9. The van der Waals surface area contributed by atoms with Gasteiger partial charge in [-0.2, -0.15) is 0 Å². The van der Waals surface area contributed by atoms with Gasteiger partial charge in [0.2, 0.25) is 0 Å². The summed E-state index contributed by atoms with van der Waals surface area (Å²) in [6.45, 7) is 3.43. The Morgan fingerprint density at radius 2 is 2.00 bits per heavy atom. The molecule has 1 aliphatic rings. The van der Waals surface area contributed by atoms with Crippen molar-refractivity contribution in [1.29, 1.82) is 0 Å². The zero-order chi connectivity index (χ0) is 16.2.